The number of aliphatic hydroxyl groups is 1. The summed E-state index contributed by atoms with van der Waals surface area (Å²) < 4.78 is 9.65. The molecular formula is C9H13N5OS. The summed E-state index contributed by atoms with van der Waals surface area (Å²) in [5.74, 6) is 0.760. The van der Waals surface area contributed by atoms with Gasteiger partial charge < -0.3 is 5.11 Å². The van der Waals surface area contributed by atoms with Gasteiger partial charge in [0.2, 0.25) is 0 Å². The van der Waals surface area contributed by atoms with Crippen LogP contribution in [-0.4, -0.2) is 28.6 Å². The second kappa shape index (κ2) is 4.67. The first-order chi connectivity index (χ1) is 7.68. The molecule has 2 aromatic rings. The van der Waals surface area contributed by atoms with Crippen LogP contribution in [0.1, 0.15) is 37.5 Å². The van der Waals surface area contributed by atoms with Crippen LogP contribution in [0.4, 0.5) is 0 Å². The van der Waals surface area contributed by atoms with Crippen molar-refractivity contribution in [1.29, 1.82) is 0 Å². The molecule has 0 aliphatic carbocycles. The lowest BCUT2D eigenvalue weighted by atomic mass is 10.2. The molecule has 1 atom stereocenters. The van der Waals surface area contributed by atoms with Gasteiger partial charge in [0.1, 0.15) is 23.9 Å². The zero-order valence-corrected chi connectivity index (χ0v) is 9.92. The number of aromatic nitrogens is 5. The molecule has 0 saturated carbocycles. The van der Waals surface area contributed by atoms with Crippen LogP contribution in [0.25, 0.3) is 0 Å². The van der Waals surface area contributed by atoms with E-state index in [2.05, 4.69) is 18.8 Å². The highest BCUT2D eigenvalue weighted by Crippen LogP contribution is 2.16. The van der Waals surface area contributed by atoms with Gasteiger partial charge in [-0.3, -0.25) is 0 Å². The minimum atomic E-state index is -0.666. The zero-order chi connectivity index (χ0) is 11.5. The minimum Gasteiger partial charge on any atom is -0.386 e. The van der Waals surface area contributed by atoms with E-state index in [9.17, 15) is 5.11 Å². The molecule has 2 aromatic heterocycles. The third-order valence-electron chi connectivity index (χ3n) is 2.23. The van der Waals surface area contributed by atoms with Crippen molar-refractivity contribution in [2.24, 2.45) is 0 Å². The molecule has 6 nitrogen and oxygen atoms in total. The number of aliphatic hydroxyl groups excluding tert-OH is 1. The highest BCUT2D eigenvalue weighted by atomic mass is 32.1. The fourth-order valence-corrected chi connectivity index (χ4v) is 1.91. The molecular weight excluding hydrogens is 226 g/mol. The summed E-state index contributed by atoms with van der Waals surface area (Å²) >= 11 is 1.09. The van der Waals surface area contributed by atoms with Gasteiger partial charge >= 0.3 is 0 Å². The number of nitrogens with zero attached hydrogens (tertiary/aromatic N) is 5. The molecule has 1 N–H and O–H groups in total. The summed E-state index contributed by atoms with van der Waals surface area (Å²) in [6, 6.07) is 0.234. The Morgan fingerprint density at radius 2 is 2.31 bits per heavy atom. The Kier molecular flexibility index (Phi) is 3.25. The Morgan fingerprint density at radius 3 is 2.94 bits per heavy atom. The lowest BCUT2D eigenvalue weighted by molar-refractivity contribution is 0.169. The average Bonchev–Trinajstić information content (AvgIpc) is 2.86. The van der Waals surface area contributed by atoms with E-state index in [1.165, 1.54) is 6.33 Å². The van der Waals surface area contributed by atoms with Crippen molar-refractivity contribution < 1.29 is 5.11 Å². The molecule has 0 radical (unpaired) electrons. The van der Waals surface area contributed by atoms with Gasteiger partial charge in [-0.2, -0.15) is 13.8 Å². The molecule has 0 bridgehead atoms. The normalized spacial score (nSPS) is 13.2. The summed E-state index contributed by atoms with van der Waals surface area (Å²) in [5.41, 5.74) is 0.586. The van der Waals surface area contributed by atoms with Gasteiger partial charge in [0, 0.05) is 12.5 Å². The van der Waals surface area contributed by atoms with Gasteiger partial charge in [-0.05, 0) is 13.8 Å². The Labute approximate surface area is 97.3 Å². The van der Waals surface area contributed by atoms with Crippen molar-refractivity contribution in [3.8, 4) is 0 Å². The maximum absolute atomic E-state index is 9.91. The van der Waals surface area contributed by atoms with E-state index in [1.807, 2.05) is 13.8 Å². The molecule has 2 heterocycles. The Morgan fingerprint density at radius 1 is 1.50 bits per heavy atom. The van der Waals surface area contributed by atoms with E-state index in [4.69, 9.17) is 0 Å². The van der Waals surface area contributed by atoms with Crippen LogP contribution in [0.3, 0.4) is 0 Å². The molecule has 0 aliphatic rings. The summed E-state index contributed by atoms with van der Waals surface area (Å²) in [6.07, 6.45) is 2.82. The van der Waals surface area contributed by atoms with E-state index < -0.39 is 6.10 Å². The van der Waals surface area contributed by atoms with Crippen molar-refractivity contribution in [3.05, 3.63) is 24.0 Å². The topological polar surface area (TPSA) is 76.7 Å². The van der Waals surface area contributed by atoms with Gasteiger partial charge in [0.15, 0.2) is 0 Å². The minimum absolute atomic E-state index is 0.234. The maximum Gasteiger partial charge on any atom is 0.138 e. The van der Waals surface area contributed by atoms with Crippen LogP contribution in [0, 0.1) is 0 Å². The molecule has 7 heteroatoms. The standard InChI is InChI=1S/C9H13N5OS/c1-6(2)14-9(10-5-11-14)3-8(15)7-4-12-16-13-7/h4-6,8,15H,3H2,1-2H3. The lowest BCUT2D eigenvalue weighted by Crippen LogP contribution is -2.12. The number of hydrogen-bond acceptors (Lipinski definition) is 6. The van der Waals surface area contributed by atoms with E-state index >= 15 is 0 Å². The van der Waals surface area contributed by atoms with Crippen LogP contribution in [0.15, 0.2) is 12.5 Å². The van der Waals surface area contributed by atoms with Gasteiger partial charge in [-0.15, -0.1) is 0 Å². The van der Waals surface area contributed by atoms with E-state index in [-0.39, 0.29) is 6.04 Å². The van der Waals surface area contributed by atoms with Crippen LogP contribution < -0.4 is 0 Å². The molecule has 16 heavy (non-hydrogen) atoms. The fraction of sp³-hybridized carbons (Fsp3) is 0.556. The van der Waals surface area contributed by atoms with Crippen LogP contribution in [-0.2, 0) is 6.42 Å². The first kappa shape index (κ1) is 11.2. The van der Waals surface area contributed by atoms with Crippen LogP contribution >= 0.6 is 11.7 Å². The van der Waals surface area contributed by atoms with Crippen molar-refractivity contribution >= 4 is 11.7 Å². The SMILES string of the molecule is CC(C)n1ncnc1CC(O)c1cnsn1. The summed E-state index contributed by atoms with van der Waals surface area (Å²) in [6.45, 7) is 4.05. The monoisotopic (exact) mass is 239 g/mol. The van der Waals surface area contributed by atoms with Crippen LogP contribution in [0.2, 0.25) is 0 Å². The van der Waals surface area contributed by atoms with Crippen molar-refractivity contribution in [2.45, 2.75) is 32.4 Å². The van der Waals surface area contributed by atoms with E-state index in [0.717, 1.165) is 17.6 Å². The van der Waals surface area contributed by atoms with Gasteiger partial charge in [0.05, 0.1) is 17.9 Å². The van der Waals surface area contributed by atoms with Crippen molar-refractivity contribution in [1.82, 2.24) is 23.5 Å². The Bertz CT molecular complexity index is 438. The highest BCUT2D eigenvalue weighted by molar-refractivity contribution is 6.99. The molecule has 0 aliphatic heterocycles. The second-order valence-electron chi connectivity index (χ2n) is 3.77. The molecule has 2 rings (SSSR count). The first-order valence-electron chi connectivity index (χ1n) is 5.02. The first-order valence-corrected chi connectivity index (χ1v) is 5.75. The van der Waals surface area contributed by atoms with Gasteiger partial charge in [-0.1, -0.05) is 0 Å². The number of rotatable bonds is 4. The Balaban J connectivity index is 2.12. The zero-order valence-electron chi connectivity index (χ0n) is 9.11. The predicted molar refractivity (Wildman–Crippen MR) is 59.0 cm³/mol. The molecule has 0 aromatic carbocycles. The molecule has 86 valence electrons. The summed E-state index contributed by atoms with van der Waals surface area (Å²) in [5, 5.41) is 14.0. The third-order valence-corrected chi connectivity index (χ3v) is 2.72. The third kappa shape index (κ3) is 2.25. The largest absolute Gasteiger partial charge is 0.386 e. The smallest absolute Gasteiger partial charge is 0.138 e. The quantitative estimate of drug-likeness (QED) is 0.860. The Hall–Kier alpha value is -1.34. The molecule has 0 saturated heterocycles. The summed E-state index contributed by atoms with van der Waals surface area (Å²) in [7, 11) is 0. The van der Waals surface area contributed by atoms with E-state index in [0.29, 0.717) is 12.1 Å². The molecule has 0 spiro atoms. The van der Waals surface area contributed by atoms with Crippen LogP contribution in [0.5, 0.6) is 0 Å². The van der Waals surface area contributed by atoms with Gasteiger partial charge in [-0.25, -0.2) is 9.67 Å². The molecule has 0 fully saturated rings. The predicted octanol–water partition coefficient (Wildman–Crippen LogP) is 0.987. The molecule has 1 unspecified atom stereocenters. The highest BCUT2D eigenvalue weighted by Gasteiger charge is 2.16. The van der Waals surface area contributed by atoms with Crippen molar-refractivity contribution in [3.63, 3.8) is 0 Å². The maximum atomic E-state index is 9.91. The number of hydrogen-bond donors (Lipinski definition) is 1. The molecule has 0 amide bonds. The van der Waals surface area contributed by atoms with Crippen molar-refractivity contribution in [2.75, 3.05) is 0 Å². The lowest BCUT2D eigenvalue weighted by Gasteiger charge is -2.11. The van der Waals surface area contributed by atoms with Gasteiger partial charge in [0.25, 0.3) is 0 Å². The fourth-order valence-electron chi connectivity index (χ4n) is 1.45. The van der Waals surface area contributed by atoms with E-state index in [1.54, 1.807) is 10.9 Å². The average molecular weight is 239 g/mol. The second-order valence-corrected chi connectivity index (χ2v) is 4.32. The summed E-state index contributed by atoms with van der Waals surface area (Å²) in [4.78, 5) is 4.13.